The highest BCUT2D eigenvalue weighted by molar-refractivity contribution is 7.89. The minimum atomic E-state index is -3.75. The molecular weight excluding hydrogens is 462 g/mol. The van der Waals surface area contributed by atoms with Crippen LogP contribution in [0.15, 0.2) is 58.4 Å². The molecule has 1 aliphatic rings. The Hall–Kier alpha value is -2.97. The van der Waals surface area contributed by atoms with Crippen LogP contribution in [0.5, 0.6) is 0 Å². The number of amides is 1. The van der Waals surface area contributed by atoms with E-state index in [-0.39, 0.29) is 27.7 Å². The second kappa shape index (κ2) is 9.95. The Balaban J connectivity index is 1.60. The number of aromatic nitrogens is 1. The van der Waals surface area contributed by atoms with Gasteiger partial charge in [0.2, 0.25) is 15.5 Å². The molecule has 1 fully saturated rings. The minimum absolute atomic E-state index is 0.00123. The van der Waals surface area contributed by atoms with E-state index in [2.05, 4.69) is 19.2 Å². The summed E-state index contributed by atoms with van der Waals surface area (Å²) in [7, 11) is -2.00. The van der Waals surface area contributed by atoms with E-state index in [1.165, 1.54) is 22.1 Å². The first-order chi connectivity index (χ1) is 16.6. The molecule has 1 saturated heterocycles. The first-order valence-electron chi connectivity index (χ1n) is 12.0. The maximum atomic E-state index is 13.4. The van der Waals surface area contributed by atoms with Crippen LogP contribution in [0.25, 0.3) is 10.9 Å². The van der Waals surface area contributed by atoms with Gasteiger partial charge >= 0.3 is 0 Å². The zero-order valence-corrected chi connectivity index (χ0v) is 21.6. The summed E-state index contributed by atoms with van der Waals surface area (Å²) in [6.45, 7) is 7.45. The Bertz CT molecular complexity index is 1400. The predicted octanol–water partition coefficient (Wildman–Crippen LogP) is 3.49. The van der Waals surface area contributed by atoms with Gasteiger partial charge in [-0.3, -0.25) is 9.59 Å². The smallest absolute Gasteiger partial charge is 0.256 e. The van der Waals surface area contributed by atoms with Crippen molar-refractivity contribution in [3.63, 3.8) is 0 Å². The predicted molar refractivity (Wildman–Crippen MR) is 138 cm³/mol. The molecule has 1 N–H and O–H groups in total. The summed E-state index contributed by atoms with van der Waals surface area (Å²) in [6, 6.07) is 12.7. The third-order valence-corrected chi connectivity index (χ3v) is 8.53. The lowest BCUT2D eigenvalue weighted by Gasteiger charge is -2.34. The van der Waals surface area contributed by atoms with Gasteiger partial charge in [-0.1, -0.05) is 43.7 Å². The summed E-state index contributed by atoms with van der Waals surface area (Å²) in [6.07, 6.45) is 3.15. The molecule has 7 nitrogen and oxygen atoms in total. The zero-order valence-electron chi connectivity index (χ0n) is 20.7. The van der Waals surface area contributed by atoms with Gasteiger partial charge in [0.25, 0.3) is 5.91 Å². The van der Waals surface area contributed by atoms with Crippen molar-refractivity contribution in [2.75, 3.05) is 19.6 Å². The van der Waals surface area contributed by atoms with Crippen LogP contribution in [0.1, 0.15) is 41.8 Å². The fourth-order valence-corrected chi connectivity index (χ4v) is 6.62. The number of sulfonamides is 1. The van der Waals surface area contributed by atoms with Gasteiger partial charge in [-0.15, -0.1) is 0 Å². The number of nitrogens with zero attached hydrogens (tertiary/aromatic N) is 2. The molecular formula is C27H33N3O4S. The van der Waals surface area contributed by atoms with Crippen molar-refractivity contribution >= 4 is 26.8 Å². The number of carbonyl (C=O) groups is 1. The molecule has 4 rings (SSSR count). The van der Waals surface area contributed by atoms with Crippen molar-refractivity contribution in [3.8, 4) is 0 Å². The van der Waals surface area contributed by atoms with Crippen molar-refractivity contribution in [2.45, 2.75) is 38.5 Å². The molecule has 1 amide bonds. The summed E-state index contributed by atoms with van der Waals surface area (Å²) in [4.78, 5) is 26.2. The van der Waals surface area contributed by atoms with E-state index < -0.39 is 21.4 Å². The van der Waals surface area contributed by atoms with E-state index in [1.54, 1.807) is 23.7 Å². The van der Waals surface area contributed by atoms with E-state index in [9.17, 15) is 18.0 Å². The maximum absolute atomic E-state index is 13.4. The van der Waals surface area contributed by atoms with E-state index >= 15 is 0 Å². The Morgan fingerprint density at radius 2 is 1.71 bits per heavy atom. The van der Waals surface area contributed by atoms with Crippen molar-refractivity contribution in [1.29, 1.82) is 0 Å². The SMILES string of the molecule is Cc1ccc(CCNC(=O)c2cn(C)c3ccc(S(=O)(=O)N4C[C@@H](C)C[C@H](C)C4)cc3c2=O)cc1. The third kappa shape index (κ3) is 5.33. The summed E-state index contributed by atoms with van der Waals surface area (Å²) in [5.41, 5.74) is 2.37. The van der Waals surface area contributed by atoms with Crippen LogP contribution in [0, 0.1) is 18.8 Å². The van der Waals surface area contributed by atoms with Gasteiger partial charge in [-0.2, -0.15) is 4.31 Å². The van der Waals surface area contributed by atoms with Crippen LogP contribution >= 0.6 is 0 Å². The number of nitrogens with one attached hydrogen (secondary N) is 1. The minimum Gasteiger partial charge on any atom is -0.352 e. The highest BCUT2D eigenvalue weighted by atomic mass is 32.2. The maximum Gasteiger partial charge on any atom is 0.256 e. The normalized spacial score (nSPS) is 19.1. The molecule has 0 aliphatic carbocycles. The second-order valence-electron chi connectivity index (χ2n) is 9.92. The topological polar surface area (TPSA) is 88.5 Å². The lowest BCUT2D eigenvalue weighted by Crippen LogP contribution is -2.42. The van der Waals surface area contributed by atoms with Crippen LogP contribution in [0.3, 0.4) is 0 Å². The molecule has 0 spiro atoms. The lowest BCUT2D eigenvalue weighted by molar-refractivity contribution is 0.0952. The lowest BCUT2D eigenvalue weighted by atomic mass is 9.94. The number of fused-ring (bicyclic) bond motifs is 1. The average molecular weight is 496 g/mol. The number of rotatable bonds is 6. The zero-order chi connectivity index (χ0) is 25.3. The Morgan fingerprint density at radius 1 is 1.06 bits per heavy atom. The summed E-state index contributed by atoms with van der Waals surface area (Å²) in [5, 5.41) is 3.04. The first-order valence-corrected chi connectivity index (χ1v) is 13.5. The number of pyridine rings is 1. The first kappa shape index (κ1) is 25.1. The molecule has 186 valence electrons. The van der Waals surface area contributed by atoms with Gasteiger partial charge in [-0.25, -0.2) is 8.42 Å². The highest BCUT2D eigenvalue weighted by Gasteiger charge is 2.32. The van der Waals surface area contributed by atoms with E-state index in [0.29, 0.717) is 31.6 Å². The molecule has 2 aromatic carbocycles. The van der Waals surface area contributed by atoms with Gasteiger partial charge in [0.15, 0.2) is 0 Å². The molecule has 1 aromatic heterocycles. The van der Waals surface area contributed by atoms with E-state index in [0.717, 1.165) is 12.0 Å². The van der Waals surface area contributed by atoms with Gasteiger partial charge in [0, 0.05) is 38.3 Å². The third-order valence-electron chi connectivity index (χ3n) is 6.70. The number of aryl methyl sites for hydroxylation is 2. The molecule has 0 unspecified atom stereocenters. The molecule has 2 heterocycles. The van der Waals surface area contributed by atoms with Crippen LogP contribution in [-0.2, 0) is 23.5 Å². The molecule has 2 atom stereocenters. The van der Waals surface area contributed by atoms with Crippen molar-refractivity contribution < 1.29 is 13.2 Å². The van der Waals surface area contributed by atoms with Gasteiger partial charge in [-0.05, 0) is 55.4 Å². The largest absolute Gasteiger partial charge is 0.352 e. The molecule has 8 heteroatoms. The molecule has 0 bridgehead atoms. The van der Waals surface area contributed by atoms with Crippen LogP contribution in [-0.4, -0.2) is 42.8 Å². The monoisotopic (exact) mass is 495 g/mol. The number of hydrogen-bond donors (Lipinski definition) is 1. The van der Waals surface area contributed by atoms with Crippen LogP contribution in [0.2, 0.25) is 0 Å². The second-order valence-corrected chi connectivity index (χ2v) is 11.9. The number of hydrogen-bond acceptors (Lipinski definition) is 4. The molecule has 0 saturated carbocycles. The van der Waals surface area contributed by atoms with Crippen molar-refractivity contribution in [1.82, 2.24) is 14.2 Å². The van der Waals surface area contributed by atoms with Gasteiger partial charge in [0.1, 0.15) is 5.56 Å². The molecule has 1 aliphatic heterocycles. The van der Waals surface area contributed by atoms with Gasteiger partial charge in [0.05, 0.1) is 10.4 Å². The fourth-order valence-electron chi connectivity index (χ4n) is 4.92. The standard InChI is InChI=1S/C27H33N3O4S/c1-18-5-7-21(8-6-18)11-12-28-27(32)24-17-29(4)25-10-9-22(14-23(25)26(24)31)35(33,34)30-15-19(2)13-20(3)16-30/h5-10,14,17,19-20H,11-13,15-16H2,1-4H3,(H,28,32)/t19-,20-/m0/s1. The van der Waals surface area contributed by atoms with E-state index in [4.69, 9.17) is 0 Å². The number of carbonyl (C=O) groups excluding carboxylic acids is 1. The summed E-state index contributed by atoms with van der Waals surface area (Å²) in [5.74, 6) is 0.0840. The fraction of sp³-hybridized carbons (Fsp3) is 0.407. The molecule has 3 aromatic rings. The van der Waals surface area contributed by atoms with Crippen molar-refractivity contribution in [2.24, 2.45) is 18.9 Å². The van der Waals surface area contributed by atoms with Gasteiger partial charge < -0.3 is 9.88 Å². The van der Waals surface area contributed by atoms with E-state index in [1.807, 2.05) is 31.2 Å². The highest BCUT2D eigenvalue weighted by Crippen LogP contribution is 2.27. The quantitative estimate of drug-likeness (QED) is 0.567. The molecule has 35 heavy (non-hydrogen) atoms. The average Bonchev–Trinajstić information content (AvgIpc) is 2.81. The number of benzene rings is 2. The Labute approximate surface area is 206 Å². The summed E-state index contributed by atoms with van der Waals surface area (Å²) < 4.78 is 29.9. The number of piperidine rings is 1. The molecule has 0 radical (unpaired) electrons. The van der Waals surface area contributed by atoms with Crippen LogP contribution in [0.4, 0.5) is 0 Å². The van der Waals surface area contributed by atoms with Crippen LogP contribution < -0.4 is 10.7 Å². The summed E-state index contributed by atoms with van der Waals surface area (Å²) >= 11 is 0. The van der Waals surface area contributed by atoms with Crippen molar-refractivity contribution in [3.05, 3.63) is 75.6 Å². The Morgan fingerprint density at radius 3 is 2.37 bits per heavy atom. The Kier molecular flexibility index (Phi) is 7.15.